The number of hydrogen-bond acceptors (Lipinski definition) is 7. The van der Waals surface area contributed by atoms with Gasteiger partial charge in [-0.25, -0.2) is 9.74 Å². The van der Waals surface area contributed by atoms with Gasteiger partial charge in [0.05, 0.1) is 30.9 Å². The summed E-state index contributed by atoms with van der Waals surface area (Å²) >= 11 is 0. The molecule has 2 heterocycles. The highest BCUT2D eigenvalue weighted by atomic mass is 17.0. The highest BCUT2D eigenvalue weighted by Crippen LogP contribution is 2.32. The Morgan fingerprint density at radius 2 is 2.18 bits per heavy atom. The number of aliphatic hydroxyl groups is 1. The molecule has 1 aromatic rings. The van der Waals surface area contributed by atoms with Crippen molar-refractivity contribution in [3.8, 4) is 0 Å². The number of carbonyl (C=O) groups is 2. The molecule has 0 saturated carbocycles. The van der Waals surface area contributed by atoms with Crippen molar-refractivity contribution in [1.29, 1.82) is 0 Å². The molecule has 0 aromatic heterocycles. The third-order valence-corrected chi connectivity index (χ3v) is 3.63. The predicted molar refractivity (Wildman–Crippen MR) is 75.7 cm³/mol. The zero-order valence-corrected chi connectivity index (χ0v) is 12.1. The molecule has 1 unspecified atom stereocenters. The minimum Gasteiger partial charge on any atom is -0.395 e. The number of fused-ring (bicyclic) bond motifs is 1. The smallest absolute Gasteiger partial charge is 0.265 e. The van der Waals surface area contributed by atoms with Gasteiger partial charge >= 0.3 is 0 Å². The average molecular weight is 307 g/mol. The van der Waals surface area contributed by atoms with Gasteiger partial charge in [0.1, 0.15) is 0 Å². The number of carbonyl (C=O) groups excluding carboxylic acids is 2. The van der Waals surface area contributed by atoms with Crippen LogP contribution in [0.15, 0.2) is 18.2 Å². The Hall–Kier alpha value is -2.00. The molecule has 0 radical (unpaired) electrons. The van der Waals surface area contributed by atoms with Crippen LogP contribution < -0.4 is 5.32 Å². The van der Waals surface area contributed by atoms with Crippen molar-refractivity contribution < 1.29 is 24.4 Å². The van der Waals surface area contributed by atoms with E-state index in [1.165, 1.54) is 0 Å². The molecule has 1 aromatic carbocycles. The maximum atomic E-state index is 12.6. The van der Waals surface area contributed by atoms with Crippen molar-refractivity contribution in [2.24, 2.45) is 0 Å². The first kappa shape index (κ1) is 14.9. The van der Waals surface area contributed by atoms with E-state index >= 15 is 0 Å². The Morgan fingerprint density at radius 3 is 2.91 bits per heavy atom. The van der Waals surface area contributed by atoms with Crippen molar-refractivity contribution in [2.45, 2.75) is 12.6 Å². The molecule has 1 atom stereocenters. The summed E-state index contributed by atoms with van der Waals surface area (Å²) in [6.07, 6.45) is -0.361. The second-order valence-corrected chi connectivity index (χ2v) is 4.92. The van der Waals surface area contributed by atoms with Gasteiger partial charge < -0.3 is 10.4 Å². The van der Waals surface area contributed by atoms with Gasteiger partial charge in [-0.05, 0) is 12.1 Å². The van der Waals surface area contributed by atoms with Crippen molar-refractivity contribution in [2.75, 3.05) is 32.1 Å². The maximum absolute atomic E-state index is 12.6. The summed E-state index contributed by atoms with van der Waals surface area (Å²) < 4.78 is 0. The van der Waals surface area contributed by atoms with E-state index in [-0.39, 0.29) is 25.0 Å². The third-order valence-electron chi connectivity index (χ3n) is 3.63. The van der Waals surface area contributed by atoms with Gasteiger partial charge in [0.25, 0.3) is 11.8 Å². The summed E-state index contributed by atoms with van der Waals surface area (Å²) in [7, 11) is 1.70. The molecular weight excluding hydrogens is 290 g/mol. The number of aliphatic hydroxyl groups excluding tert-OH is 1. The lowest BCUT2D eigenvalue weighted by molar-refractivity contribution is -0.425. The zero-order chi connectivity index (χ0) is 15.7. The number of benzene rings is 1. The van der Waals surface area contributed by atoms with E-state index in [1.807, 2.05) is 0 Å². The summed E-state index contributed by atoms with van der Waals surface area (Å²) in [5.41, 5.74) is 1.33. The van der Waals surface area contributed by atoms with E-state index in [0.29, 0.717) is 29.8 Å². The van der Waals surface area contributed by atoms with Gasteiger partial charge in [0.2, 0.25) is 0 Å². The molecule has 1 saturated heterocycles. The molecule has 0 aliphatic carbocycles. The van der Waals surface area contributed by atoms with Gasteiger partial charge in [0, 0.05) is 19.2 Å². The minimum absolute atomic E-state index is 0.140. The zero-order valence-electron chi connectivity index (χ0n) is 12.1. The van der Waals surface area contributed by atoms with E-state index in [0.717, 1.165) is 10.1 Å². The first-order valence-electron chi connectivity index (χ1n) is 7.04. The molecule has 0 bridgehead atoms. The van der Waals surface area contributed by atoms with Crippen LogP contribution in [0.3, 0.4) is 0 Å². The van der Waals surface area contributed by atoms with Crippen molar-refractivity contribution in [3.63, 3.8) is 0 Å². The Labute approximate surface area is 127 Å². The first-order chi connectivity index (χ1) is 10.7. The molecule has 1 fully saturated rings. The van der Waals surface area contributed by atoms with Crippen LogP contribution >= 0.6 is 0 Å². The van der Waals surface area contributed by atoms with E-state index < -0.39 is 6.23 Å². The number of hydroxylamine groups is 2. The van der Waals surface area contributed by atoms with E-state index in [9.17, 15) is 9.59 Å². The first-order valence-corrected chi connectivity index (χ1v) is 7.04. The molecule has 3 rings (SSSR count). The van der Waals surface area contributed by atoms with Crippen LogP contribution in [0, 0.1) is 0 Å². The lowest BCUT2D eigenvalue weighted by Crippen LogP contribution is -2.49. The number of β-amino-alcohol motifs (C(OH)–C–C–N with tert-alkyl or cyclic N) is 1. The standard InChI is InChI=1S/C14H17N3O5/c1-15-10-4-2-3-9-12(10)14(20)17(13(9)19)11-5-8-21-16(22-11)6-7-18/h2-4,11,15,18H,5-8H2,1H3. The Balaban J connectivity index is 1.87. The summed E-state index contributed by atoms with van der Waals surface area (Å²) in [6, 6.07) is 5.10. The molecule has 2 amide bonds. The fraction of sp³-hybridized carbons (Fsp3) is 0.429. The molecule has 2 aliphatic heterocycles. The largest absolute Gasteiger partial charge is 0.395 e. The quantitative estimate of drug-likeness (QED) is 0.768. The second-order valence-electron chi connectivity index (χ2n) is 4.92. The third kappa shape index (κ3) is 2.35. The van der Waals surface area contributed by atoms with Crippen molar-refractivity contribution in [3.05, 3.63) is 29.3 Å². The lowest BCUT2D eigenvalue weighted by Gasteiger charge is -2.34. The summed E-state index contributed by atoms with van der Waals surface area (Å²) in [4.78, 5) is 36.9. The Morgan fingerprint density at radius 1 is 1.36 bits per heavy atom. The average Bonchev–Trinajstić information content (AvgIpc) is 2.79. The predicted octanol–water partition coefficient (Wildman–Crippen LogP) is 0.212. The van der Waals surface area contributed by atoms with E-state index in [1.54, 1.807) is 25.2 Å². The highest BCUT2D eigenvalue weighted by Gasteiger charge is 2.43. The van der Waals surface area contributed by atoms with Crippen LogP contribution in [0.4, 0.5) is 5.69 Å². The van der Waals surface area contributed by atoms with Crippen LogP contribution in [0.2, 0.25) is 0 Å². The van der Waals surface area contributed by atoms with Gasteiger partial charge in [0.15, 0.2) is 6.23 Å². The number of rotatable bonds is 4. The van der Waals surface area contributed by atoms with Gasteiger partial charge in [-0.3, -0.25) is 14.4 Å². The Kier molecular flexibility index (Phi) is 4.08. The lowest BCUT2D eigenvalue weighted by atomic mass is 10.1. The van der Waals surface area contributed by atoms with Crippen LogP contribution in [0.5, 0.6) is 0 Å². The summed E-state index contributed by atoms with van der Waals surface area (Å²) in [5.74, 6) is -0.770. The van der Waals surface area contributed by atoms with Gasteiger partial charge in [-0.2, -0.15) is 0 Å². The van der Waals surface area contributed by atoms with Crippen LogP contribution in [-0.4, -0.2) is 60.1 Å². The normalized spacial score (nSPS) is 22.1. The van der Waals surface area contributed by atoms with Crippen LogP contribution in [0.25, 0.3) is 0 Å². The number of anilines is 1. The number of hydrogen-bond donors (Lipinski definition) is 2. The van der Waals surface area contributed by atoms with E-state index in [4.69, 9.17) is 14.8 Å². The summed E-state index contributed by atoms with van der Waals surface area (Å²) in [5, 5.41) is 13.0. The SMILES string of the molecule is CNc1cccc2c1C(=O)N(C1CCON(CCO)O1)C2=O. The topological polar surface area (TPSA) is 91.3 Å². The number of imide groups is 1. The summed E-state index contributed by atoms with van der Waals surface area (Å²) in [6.45, 7) is 0.289. The van der Waals surface area contributed by atoms with Crippen LogP contribution in [0.1, 0.15) is 27.1 Å². The van der Waals surface area contributed by atoms with Gasteiger partial charge in [-0.15, -0.1) is 0 Å². The molecular formula is C14H17N3O5. The van der Waals surface area contributed by atoms with Crippen LogP contribution in [-0.2, 0) is 9.68 Å². The van der Waals surface area contributed by atoms with Crippen molar-refractivity contribution >= 4 is 17.5 Å². The number of nitrogens with one attached hydrogen (secondary N) is 1. The monoisotopic (exact) mass is 307 g/mol. The fourth-order valence-electron chi connectivity index (χ4n) is 2.62. The fourth-order valence-corrected chi connectivity index (χ4v) is 2.62. The molecule has 0 spiro atoms. The minimum atomic E-state index is -0.739. The molecule has 2 N–H and O–H groups in total. The van der Waals surface area contributed by atoms with Crippen molar-refractivity contribution in [1.82, 2.24) is 10.1 Å². The molecule has 22 heavy (non-hydrogen) atoms. The molecule has 8 nitrogen and oxygen atoms in total. The maximum Gasteiger partial charge on any atom is 0.265 e. The highest BCUT2D eigenvalue weighted by molar-refractivity contribution is 6.23. The number of nitrogens with zero attached hydrogens (tertiary/aromatic N) is 2. The number of amides is 2. The molecule has 118 valence electrons. The Bertz CT molecular complexity index is 604. The second kappa shape index (κ2) is 6.01. The van der Waals surface area contributed by atoms with Gasteiger partial charge in [-0.1, -0.05) is 11.3 Å². The molecule has 8 heteroatoms. The van der Waals surface area contributed by atoms with E-state index in [2.05, 4.69) is 5.32 Å². The molecule has 2 aliphatic rings.